The fraction of sp³-hybridized carbons (Fsp3) is 0.588. The van der Waals surface area contributed by atoms with Crippen molar-refractivity contribution in [1.82, 2.24) is 4.90 Å². The maximum Gasteiger partial charge on any atom is 0.177 e. The molecule has 2 rings (SSSR count). The molecule has 1 aliphatic rings. The SMILES string of the molecule is Cc1ccc(C(=O)CN2CCCCCCC2)c(C)c1. The molecule has 2 heteroatoms. The summed E-state index contributed by atoms with van der Waals surface area (Å²) in [6.07, 6.45) is 6.46. The van der Waals surface area contributed by atoms with Crippen LogP contribution in [0.25, 0.3) is 0 Å². The molecule has 1 fully saturated rings. The van der Waals surface area contributed by atoms with Crippen LogP contribution in [0.4, 0.5) is 0 Å². The second kappa shape index (κ2) is 6.85. The molecular formula is C17H25NO. The molecule has 19 heavy (non-hydrogen) atoms. The van der Waals surface area contributed by atoms with Gasteiger partial charge in [-0.15, -0.1) is 0 Å². The first-order chi connectivity index (χ1) is 9.16. The fourth-order valence-corrected chi connectivity index (χ4v) is 2.89. The van der Waals surface area contributed by atoms with Gasteiger partial charge in [-0.1, -0.05) is 43.0 Å². The minimum atomic E-state index is 0.276. The molecule has 1 aromatic rings. The lowest BCUT2D eigenvalue weighted by molar-refractivity contribution is 0.0923. The predicted molar refractivity (Wildman–Crippen MR) is 79.8 cm³/mol. The molecule has 0 amide bonds. The second-order valence-corrected chi connectivity index (χ2v) is 5.79. The Labute approximate surface area is 116 Å². The Morgan fingerprint density at radius 1 is 1.05 bits per heavy atom. The molecule has 1 saturated heterocycles. The lowest BCUT2D eigenvalue weighted by Crippen LogP contribution is -2.33. The molecule has 0 atom stereocenters. The zero-order valence-corrected chi connectivity index (χ0v) is 12.2. The molecule has 0 aromatic heterocycles. The Morgan fingerprint density at radius 2 is 1.68 bits per heavy atom. The van der Waals surface area contributed by atoms with Gasteiger partial charge in [0.05, 0.1) is 6.54 Å². The largest absolute Gasteiger partial charge is 0.296 e. The molecule has 0 bridgehead atoms. The Balaban J connectivity index is 1.99. The third kappa shape index (κ3) is 4.17. The normalized spacial score (nSPS) is 17.8. The molecule has 0 spiro atoms. The van der Waals surface area contributed by atoms with Crippen LogP contribution in [0.15, 0.2) is 18.2 Å². The van der Waals surface area contributed by atoms with Crippen molar-refractivity contribution in [1.29, 1.82) is 0 Å². The summed E-state index contributed by atoms with van der Waals surface area (Å²) in [6, 6.07) is 6.12. The van der Waals surface area contributed by atoms with Crippen LogP contribution in [0.1, 0.15) is 53.6 Å². The molecule has 1 heterocycles. The first-order valence-corrected chi connectivity index (χ1v) is 7.49. The van der Waals surface area contributed by atoms with Gasteiger partial charge in [0.1, 0.15) is 0 Å². The van der Waals surface area contributed by atoms with E-state index in [0.29, 0.717) is 6.54 Å². The Bertz CT molecular complexity index is 431. The standard InChI is InChI=1S/C17H25NO/c1-14-8-9-16(15(2)12-14)17(19)13-18-10-6-4-3-5-7-11-18/h8-9,12H,3-7,10-11,13H2,1-2H3. The molecule has 0 unspecified atom stereocenters. The number of rotatable bonds is 3. The molecule has 0 N–H and O–H groups in total. The van der Waals surface area contributed by atoms with Gasteiger partial charge in [0, 0.05) is 5.56 Å². The molecule has 1 aromatic carbocycles. The summed E-state index contributed by atoms with van der Waals surface area (Å²) >= 11 is 0. The number of carbonyl (C=O) groups is 1. The smallest absolute Gasteiger partial charge is 0.177 e. The first-order valence-electron chi connectivity index (χ1n) is 7.49. The average Bonchev–Trinajstić information content (AvgIpc) is 2.32. The van der Waals surface area contributed by atoms with E-state index in [2.05, 4.69) is 17.9 Å². The van der Waals surface area contributed by atoms with Gasteiger partial charge in [-0.3, -0.25) is 9.69 Å². The number of aryl methyl sites for hydroxylation is 2. The molecule has 0 saturated carbocycles. The van der Waals surface area contributed by atoms with Gasteiger partial charge in [0.15, 0.2) is 5.78 Å². The molecule has 1 aliphatic heterocycles. The van der Waals surface area contributed by atoms with Gasteiger partial charge < -0.3 is 0 Å². The third-order valence-electron chi connectivity index (χ3n) is 4.00. The van der Waals surface area contributed by atoms with Crippen LogP contribution in [-0.2, 0) is 0 Å². The first kappa shape index (κ1) is 14.3. The molecular weight excluding hydrogens is 234 g/mol. The summed E-state index contributed by atoms with van der Waals surface area (Å²) in [7, 11) is 0. The van der Waals surface area contributed by atoms with E-state index in [-0.39, 0.29) is 5.78 Å². The Hall–Kier alpha value is -1.15. The Morgan fingerprint density at radius 3 is 2.32 bits per heavy atom. The summed E-state index contributed by atoms with van der Waals surface area (Å²) in [5.74, 6) is 0.276. The van der Waals surface area contributed by atoms with Crippen molar-refractivity contribution in [2.75, 3.05) is 19.6 Å². The van der Waals surface area contributed by atoms with E-state index >= 15 is 0 Å². The highest BCUT2D eigenvalue weighted by molar-refractivity contribution is 5.98. The van der Waals surface area contributed by atoms with E-state index in [9.17, 15) is 4.79 Å². The van der Waals surface area contributed by atoms with E-state index in [4.69, 9.17) is 0 Å². The Kier molecular flexibility index (Phi) is 5.15. The van der Waals surface area contributed by atoms with Crippen LogP contribution in [0, 0.1) is 13.8 Å². The third-order valence-corrected chi connectivity index (χ3v) is 4.00. The van der Waals surface area contributed by atoms with Gasteiger partial charge >= 0.3 is 0 Å². The summed E-state index contributed by atoms with van der Waals surface area (Å²) in [4.78, 5) is 14.7. The van der Waals surface area contributed by atoms with E-state index in [1.165, 1.54) is 37.7 Å². The number of benzene rings is 1. The molecule has 0 aliphatic carbocycles. The van der Waals surface area contributed by atoms with Crippen LogP contribution >= 0.6 is 0 Å². The van der Waals surface area contributed by atoms with Crippen molar-refractivity contribution in [3.8, 4) is 0 Å². The zero-order valence-electron chi connectivity index (χ0n) is 12.2. The van der Waals surface area contributed by atoms with E-state index < -0.39 is 0 Å². The average molecular weight is 259 g/mol. The van der Waals surface area contributed by atoms with Crippen LogP contribution in [0.5, 0.6) is 0 Å². The summed E-state index contributed by atoms with van der Waals surface area (Å²) < 4.78 is 0. The lowest BCUT2D eigenvalue weighted by atomic mass is 10.0. The molecule has 104 valence electrons. The number of hydrogen-bond acceptors (Lipinski definition) is 2. The highest BCUT2D eigenvalue weighted by Crippen LogP contribution is 2.14. The van der Waals surface area contributed by atoms with Crippen LogP contribution in [0.3, 0.4) is 0 Å². The van der Waals surface area contributed by atoms with Crippen LogP contribution in [-0.4, -0.2) is 30.3 Å². The van der Waals surface area contributed by atoms with Gasteiger partial charge in [0.2, 0.25) is 0 Å². The topological polar surface area (TPSA) is 20.3 Å². The molecule has 2 nitrogen and oxygen atoms in total. The van der Waals surface area contributed by atoms with Crippen molar-refractivity contribution in [2.45, 2.75) is 46.0 Å². The predicted octanol–water partition coefficient (Wildman–Crippen LogP) is 3.75. The summed E-state index contributed by atoms with van der Waals surface area (Å²) in [6.45, 7) is 6.85. The van der Waals surface area contributed by atoms with Crippen LogP contribution in [0.2, 0.25) is 0 Å². The van der Waals surface area contributed by atoms with Crippen molar-refractivity contribution in [3.63, 3.8) is 0 Å². The van der Waals surface area contributed by atoms with Crippen molar-refractivity contribution < 1.29 is 4.79 Å². The van der Waals surface area contributed by atoms with E-state index in [0.717, 1.165) is 24.2 Å². The van der Waals surface area contributed by atoms with Crippen molar-refractivity contribution in [3.05, 3.63) is 34.9 Å². The number of hydrogen-bond donors (Lipinski definition) is 0. The molecule has 0 radical (unpaired) electrons. The number of ketones is 1. The van der Waals surface area contributed by atoms with Gasteiger partial charge in [-0.05, 0) is 45.3 Å². The second-order valence-electron chi connectivity index (χ2n) is 5.79. The summed E-state index contributed by atoms with van der Waals surface area (Å²) in [5, 5.41) is 0. The fourth-order valence-electron chi connectivity index (χ4n) is 2.89. The minimum Gasteiger partial charge on any atom is -0.296 e. The van der Waals surface area contributed by atoms with Gasteiger partial charge in [-0.25, -0.2) is 0 Å². The van der Waals surface area contributed by atoms with E-state index in [1.54, 1.807) is 0 Å². The van der Waals surface area contributed by atoms with E-state index in [1.807, 2.05) is 19.1 Å². The lowest BCUT2D eigenvalue weighted by Gasteiger charge is -2.24. The summed E-state index contributed by atoms with van der Waals surface area (Å²) in [5.41, 5.74) is 3.23. The van der Waals surface area contributed by atoms with Crippen molar-refractivity contribution in [2.24, 2.45) is 0 Å². The quantitative estimate of drug-likeness (QED) is 0.770. The van der Waals surface area contributed by atoms with Gasteiger partial charge in [0.25, 0.3) is 0 Å². The number of carbonyl (C=O) groups excluding carboxylic acids is 1. The van der Waals surface area contributed by atoms with Gasteiger partial charge in [-0.2, -0.15) is 0 Å². The minimum absolute atomic E-state index is 0.276. The highest BCUT2D eigenvalue weighted by Gasteiger charge is 2.15. The number of Topliss-reactive ketones (excluding diaryl/α,β-unsaturated/α-hetero) is 1. The zero-order chi connectivity index (χ0) is 13.7. The highest BCUT2D eigenvalue weighted by atomic mass is 16.1. The number of nitrogens with zero attached hydrogens (tertiary/aromatic N) is 1. The maximum atomic E-state index is 12.4. The maximum absolute atomic E-state index is 12.4. The monoisotopic (exact) mass is 259 g/mol. The van der Waals surface area contributed by atoms with Crippen molar-refractivity contribution >= 4 is 5.78 Å². The number of likely N-dealkylation sites (tertiary alicyclic amines) is 1. The van der Waals surface area contributed by atoms with Crippen LogP contribution < -0.4 is 0 Å².